The van der Waals surface area contributed by atoms with Gasteiger partial charge in [0, 0.05) is 5.69 Å². The van der Waals surface area contributed by atoms with Crippen molar-refractivity contribution in [2.24, 2.45) is 0 Å². The first-order valence-electron chi connectivity index (χ1n) is 5.77. The van der Waals surface area contributed by atoms with Gasteiger partial charge in [0.1, 0.15) is 0 Å². The Morgan fingerprint density at radius 2 is 1.82 bits per heavy atom. The number of carbonyl (C=O) groups excluding carboxylic acids is 1. The van der Waals surface area contributed by atoms with Crippen molar-refractivity contribution >= 4 is 11.6 Å². The lowest BCUT2D eigenvalue weighted by Gasteiger charge is -2.04. The van der Waals surface area contributed by atoms with Crippen LogP contribution in [0.4, 0.5) is 5.69 Å². The quantitative estimate of drug-likeness (QED) is 0.833. The molecular weight excluding hydrogens is 210 g/mol. The van der Waals surface area contributed by atoms with Gasteiger partial charge in [0.25, 0.3) is 0 Å². The van der Waals surface area contributed by atoms with Crippen molar-refractivity contribution in [2.45, 2.75) is 12.8 Å². The number of fused-ring (bicyclic) bond motifs is 1. The highest BCUT2D eigenvalue weighted by Gasteiger charge is 2.17. The Kier molecular flexibility index (Phi) is 2.41. The predicted molar refractivity (Wildman–Crippen MR) is 68.0 cm³/mol. The predicted octanol–water partition coefficient (Wildman–Crippen LogP) is 2.77. The van der Waals surface area contributed by atoms with E-state index in [4.69, 9.17) is 0 Å². The number of nitrogens with one attached hydrogen (secondary N) is 1. The van der Waals surface area contributed by atoms with E-state index >= 15 is 0 Å². The molecule has 0 atom stereocenters. The van der Waals surface area contributed by atoms with Gasteiger partial charge in [0.2, 0.25) is 5.91 Å². The van der Waals surface area contributed by atoms with Crippen LogP contribution in [0.5, 0.6) is 0 Å². The van der Waals surface area contributed by atoms with Crippen molar-refractivity contribution in [2.75, 3.05) is 5.32 Å². The van der Waals surface area contributed by atoms with E-state index in [-0.39, 0.29) is 5.91 Å². The minimum absolute atomic E-state index is 0.0943. The molecule has 3 rings (SSSR count). The highest BCUT2D eigenvalue weighted by atomic mass is 16.1. The fraction of sp³-hybridized carbons (Fsp3) is 0.133. The minimum Gasteiger partial charge on any atom is -0.326 e. The van der Waals surface area contributed by atoms with Gasteiger partial charge >= 0.3 is 0 Å². The summed E-state index contributed by atoms with van der Waals surface area (Å²) in [6, 6.07) is 16.6. The van der Waals surface area contributed by atoms with E-state index in [1.807, 2.05) is 24.3 Å². The summed E-state index contributed by atoms with van der Waals surface area (Å²) in [6.07, 6.45) is 1.43. The van der Waals surface area contributed by atoms with Crippen LogP contribution in [0.15, 0.2) is 48.5 Å². The molecule has 17 heavy (non-hydrogen) atoms. The molecule has 0 saturated carbocycles. The number of anilines is 1. The van der Waals surface area contributed by atoms with Crippen LogP contribution in [0.3, 0.4) is 0 Å². The molecule has 2 aromatic carbocycles. The van der Waals surface area contributed by atoms with Crippen molar-refractivity contribution in [1.82, 2.24) is 0 Å². The Labute approximate surface area is 100 Å². The Balaban J connectivity index is 1.86. The van der Waals surface area contributed by atoms with Crippen molar-refractivity contribution in [3.05, 3.63) is 65.2 Å². The van der Waals surface area contributed by atoms with E-state index in [1.165, 1.54) is 11.1 Å². The summed E-state index contributed by atoms with van der Waals surface area (Å²) in [6.45, 7) is 0. The topological polar surface area (TPSA) is 29.1 Å². The lowest BCUT2D eigenvalue weighted by molar-refractivity contribution is -0.115. The molecule has 0 radical (unpaired) electrons. The molecule has 1 N–H and O–H groups in total. The first kappa shape index (κ1) is 10.1. The van der Waals surface area contributed by atoms with Gasteiger partial charge in [-0.15, -0.1) is 0 Å². The third-order valence-corrected chi connectivity index (χ3v) is 3.05. The summed E-state index contributed by atoms with van der Waals surface area (Å²) in [5, 5.41) is 2.85. The fourth-order valence-electron chi connectivity index (χ4n) is 2.22. The highest BCUT2D eigenvalue weighted by Crippen LogP contribution is 2.24. The number of carbonyl (C=O) groups is 1. The third kappa shape index (κ3) is 2.07. The molecule has 1 heterocycles. The van der Waals surface area contributed by atoms with E-state index in [9.17, 15) is 4.79 Å². The van der Waals surface area contributed by atoms with Gasteiger partial charge in [-0.2, -0.15) is 0 Å². The zero-order chi connectivity index (χ0) is 11.7. The summed E-state index contributed by atoms with van der Waals surface area (Å²) >= 11 is 0. The summed E-state index contributed by atoms with van der Waals surface area (Å²) in [7, 11) is 0. The minimum atomic E-state index is 0.0943. The summed E-state index contributed by atoms with van der Waals surface area (Å²) < 4.78 is 0. The maximum absolute atomic E-state index is 11.3. The van der Waals surface area contributed by atoms with Crippen LogP contribution in [0.25, 0.3) is 0 Å². The van der Waals surface area contributed by atoms with Crippen molar-refractivity contribution < 1.29 is 4.79 Å². The lowest BCUT2D eigenvalue weighted by Crippen LogP contribution is -2.03. The fourth-order valence-corrected chi connectivity index (χ4v) is 2.22. The molecule has 1 amide bonds. The smallest absolute Gasteiger partial charge is 0.228 e. The molecule has 0 fully saturated rings. The van der Waals surface area contributed by atoms with E-state index in [0.717, 1.165) is 17.7 Å². The molecule has 0 aliphatic carbocycles. The van der Waals surface area contributed by atoms with Crippen LogP contribution in [0.2, 0.25) is 0 Å². The van der Waals surface area contributed by atoms with Gasteiger partial charge in [-0.1, -0.05) is 42.5 Å². The van der Waals surface area contributed by atoms with Crippen molar-refractivity contribution in [3.63, 3.8) is 0 Å². The second-order valence-electron chi connectivity index (χ2n) is 4.38. The third-order valence-electron chi connectivity index (χ3n) is 3.05. The molecule has 84 valence electrons. The van der Waals surface area contributed by atoms with E-state index in [1.54, 1.807) is 0 Å². The Bertz CT molecular complexity index is 560. The van der Waals surface area contributed by atoms with Gasteiger partial charge in [0.05, 0.1) is 6.42 Å². The average molecular weight is 223 g/mol. The Morgan fingerprint density at radius 3 is 2.65 bits per heavy atom. The largest absolute Gasteiger partial charge is 0.326 e. The van der Waals surface area contributed by atoms with Crippen LogP contribution in [-0.2, 0) is 17.6 Å². The molecule has 0 unspecified atom stereocenters. The standard InChI is InChI=1S/C15H13NO/c17-15-10-13-9-12(6-7-14(13)16-15)8-11-4-2-1-3-5-11/h1-7,9H,8,10H2,(H,16,17). The Hall–Kier alpha value is -2.09. The molecule has 2 heteroatoms. The van der Waals surface area contributed by atoms with Crippen LogP contribution >= 0.6 is 0 Å². The molecule has 2 nitrogen and oxygen atoms in total. The molecule has 0 aromatic heterocycles. The average Bonchev–Trinajstić information content (AvgIpc) is 2.70. The molecule has 1 aliphatic heterocycles. The monoisotopic (exact) mass is 223 g/mol. The second-order valence-corrected chi connectivity index (χ2v) is 4.38. The van der Waals surface area contributed by atoms with Gasteiger partial charge < -0.3 is 5.32 Å². The lowest BCUT2D eigenvalue weighted by atomic mass is 10.0. The summed E-state index contributed by atoms with van der Waals surface area (Å²) in [5.41, 5.74) is 4.63. The van der Waals surface area contributed by atoms with Crippen LogP contribution in [-0.4, -0.2) is 5.91 Å². The number of rotatable bonds is 2. The van der Waals surface area contributed by atoms with Crippen molar-refractivity contribution in [1.29, 1.82) is 0 Å². The van der Waals surface area contributed by atoms with Gasteiger partial charge in [-0.3, -0.25) is 4.79 Å². The van der Waals surface area contributed by atoms with E-state index in [2.05, 4.69) is 29.6 Å². The number of hydrogen-bond donors (Lipinski definition) is 1. The zero-order valence-corrected chi connectivity index (χ0v) is 9.44. The Morgan fingerprint density at radius 1 is 1.00 bits per heavy atom. The zero-order valence-electron chi connectivity index (χ0n) is 9.44. The summed E-state index contributed by atoms with van der Waals surface area (Å²) in [4.78, 5) is 11.3. The first-order chi connectivity index (χ1) is 8.31. The second kappa shape index (κ2) is 4.06. The van der Waals surface area contributed by atoms with Crippen molar-refractivity contribution in [3.8, 4) is 0 Å². The van der Waals surface area contributed by atoms with Crippen LogP contribution in [0.1, 0.15) is 16.7 Å². The summed E-state index contributed by atoms with van der Waals surface area (Å²) in [5.74, 6) is 0.0943. The van der Waals surface area contributed by atoms with Crippen LogP contribution < -0.4 is 5.32 Å². The molecule has 0 saturated heterocycles. The maximum Gasteiger partial charge on any atom is 0.228 e. The van der Waals surface area contributed by atoms with E-state index in [0.29, 0.717) is 6.42 Å². The van der Waals surface area contributed by atoms with E-state index < -0.39 is 0 Å². The number of hydrogen-bond acceptors (Lipinski definition) is 1. The number of benzene rings is 2. The molecular formula is C15H13NO. The molecule has 0 bridgehead atoms. The normalized spacial score (nSPS) is 13.3. The molecule has 0 spiro atoms. The van der Waals surface area contributed by atoms with Crippen LogP contribution in [0, 0.1) is 0 Å². The molecule has 2 aromatic rings. The molecule has 1 aliphatic rings. The highest BCUT2D eigenvalue weighted by molar-refractivity contribution is 5.99. The SMILES string of the molecule is O=C1Cc2cc(Cc3ccccc3)ccc2N1. The van der Waals surface area contributed by atoms with Gasteiger partial charge in [-0.05, 0) is 29.2 Å². The number of amides is 1. The first-order valence-corrected chi connectivity index (χ1v) is 5.77. The van der Waals surface area contributed by atoms with Gasteiger partial charge in [0.15, 0.2) is 0 Å². The maximum atomic E-state index is 11.3. The van der Waals surface area contributed by atoms with Gasteiger partial charge in [-0.25, -0.2) is 0 Å².